The maximum Gasteiger partial charge on any atom is 0.274 e. The highest BCUT2D eigenvalue weighted by atomic mass is 16.1. The van der Waals surface area contributed by atoms with Crippen LogP contribution in [0.2, 0.25) is 0 Å². The van der Waals surface area contributed by atoms with E-state index in [2.05, 4.69) is 21.4 Å². The molecule has 0 aliphatic heterocycles. The predicted molar refractivity (Wildman–Crippen MR) is 96.1 cm³/mol. The number of pyridine rings is 2. The van der Waals surface area contributed by atoms with E-state index in [1.54, 1.807) is 36.5 Å². The van der Waals surface area contributed by atoms with Crippen LogP contribution >= 0.6 is 0 Å². The Kier molecular flexibility index (Phi) is 4.53. The molecule has 0 saturated heterocycles. The number of anilines is 1. The smallest absolute Gasteiger partial charge is 0.274 e. The average Bonchev–Trinajstić information content (AvgIpc) is 2.61. The van der Waals surface area contributed by atoms with Crippen LogP contribution in [0.1, 0.15) is 27.4 Å². The zero-order chi connectivity index (χ0) is 17.8. The lowest BCUT2D eigenvalue weighted by Crippen LogP contribution is -2.14. The molecule has 0 fully saturated rings. The molecule has 1 aromatic carbocycles. The van der Waals surface area contributed by atoms with E-state index in [0.29, 0.717) is 16.9 Å². The van der Waals surface area contributed by atoms with Crippen LogP contribution in [-0.4, -0.2) is 15.9 Å². The number of amides is 1. The Balaban J connectivity index is 1.91. The largest absolute Gasteiger partial charge is 0.321 e. The molecule has 0 bridgehead atoms. The summed E-state index contributed by atoms with van der Waals surface area (Å²) < 4.78 is 0. The topological polar surface area (TPSA) is 78.7 Å². The number of rotatable bonds is 3. The number of aryl methyl sites for hydroxylation is 2. The van der Waals surface area contributed by atoms with Crippen LogP contribution in [0.5, 0.6) is 0 Å². The molecule has 5 heteroatoms. The number of nitriles is 1. The van der Waals surface area contributed by atoms with Gasteiger partial charge in [-0.1, -0.05) is 6.07 Å². The van der Waals surface area contributed by atoms with E-state index in [9.17, 15) is 4.79 Å². The number of hydrogen-bond donors (Lipinski definition) is 1. The van der Waals surface area contributed by atoms with Gasteiger partial charge in [0.15, 0.2) is 0 Å². The van der Waals surface area contributed by atoms with Crippen LogP contribution in [0.3, 0.4) is 0 Å². The molecular weight excluding hydrogens is 312 g/mol. The van der Waals surface area contributed by atoms with E-state index in [-0.39, 0.29) is 5.91 Å². The number of aromatic nitrogens is 2. The molecule has 3 rings (SSSR count). The zero-order valence-electron chi connectivity index (χ0n) is 13.9. The SMILES string of the molecule is Cc1cc(-c2cc(C)nc(C(=O)Nc3cccc(C#N)c3)c2)ccn1. The molecular formula is C20H16N4O. The molecule has 5 nitrogen and oxygen atoms in total. The van der Waals surface area contributed by atoms with Crippen molar-refractivity contribution in [1.29, 1.82) is 5.26 Å². The lowest BCUT2D eigenvalue weighted by Gasteiger charge is -2.09. The summed E-state index contributed by atoms with van der Waals surface area (Å²) in [5.41, 5.74) is 4.94. The van der Waals surface area contributed by atoms with Crippen molar-refractivity contribution >= 4 is 11.6 Å². The molecule has 0 atom stereocenters. The van der Waals surface area contributed by atoms with Crippen molar-refractivity contribution in [3.63, 3.8) is 0 Å². The standard InChI is InChI=1S/C20H16N4O/c1-13-8-16(6-7-22-13)17-9-14(2)23-19(11-17)20(25)24-18-5-3-4-15(10-18)12-21/h3-11H,1-2H3,(H,24,25). The lowest BCUT2D eigenvalue weighted by atomic mass is 10.0. The summed E-state index contributed by atoms with van der Waals surface area (Å²) in [6.07, 6.45) is 1.74. The van der Waals surface area contributed by atoms with Gasteiger partial charge in [0.05, 0.1) is 11.6 Å². The second-order valence-corrected chi connectivity index (χ2v) is 5.72. The third-order valence-corrected chi connectivity index (χ3v) is 3.67. The van der Waals surface area contributed by atoms with Crippen LogP contribution in [0.4, 0.5) is 5.69 Å². The number of hydrogen-bond acceptors (Lipinski definition) is 4. The molecule has 0 aliphatic rings. The fourth-order valence-corrected chi connectivity index (χ4v) is 2.54. The summed E-state index contributed by atoms with van der Waals surface area (Å²) in [6, 6.07) is 16.4. The number of nitrogens with one attached hydrogen (secondary N) is 1. The third kappa shape index (κ3) is 3.88. The van der Waals surface area contributed by atoms with E-state index >= 15 is 0 Å². The molecule has 0 unspecified atom stereocenters. The van der Waals surface area contributed by atoms with Crippen molar-refractivity contribution in [2.75, 3.05) is 5.32 Å². The maximum absolute atomic E-state index is 12.5. The number of carbonyl (C=O) groups excluding carboxylic acids is 1. The number of nitrogens with zero attached hydrogens (tertiary/aromatic N) is 3. The lowest BCUT2D eigenvalue weighted by molar-refractivity contribution is 0.102. The quantitative estimate of drug-likeness (QED) is 0.791. The first-order valence-electron chi connectivity index (χ1n) is 7.78. The van der Waals surface area contributed by atoms with Crippen molar-refractivity contribution in [3.05, 3.63) is 77.4 Å². The van der Waals surface area contributed by atoms with E-state index in [1.165, 1.54) is 0 Å². The van der Waals surface area contributed by atoms with Gasteiger partial charge in [-0.05, 0) is 67.4 Å². The molecule has 0 saturated carbocycles. The summed E-state index contributed by atoms with van der Waals surface area (Å²) >= 11 is 0. The minimum atomic E-state index is -0.314. The minimum Gasteiger partial charge on any atom is -0.321 e. The Morgan fingerprint density at radius 3 is 2.60 bits per heavy atom. The highest BCUT2D eigenvalue weighted by Crippen LogP contribution is 2.22. The van der Waals surface area contributed by atoms with Crippen LogP contribution in [0, 0.1) is 25.2 Å². The van der Waals surface area contributed by atoms with E-state index in [4.69, 9.17) is 5.26 Å². The second kappa shape index (κ2) is 6.93. The number of benzene rings is 1. The fourth-order valence-electron chi connectivity index (χ4n) is 2.54. The molecule has 1 amide bonds. The van der Waals surface area contributed by atoms with Gasteiger partial charge in [0.2, 0.25) is 0 Å². The van der Waals surface area contributed by atoms with Gasteiger partial charge in [0, 0.05) is 23.3 Å². The normalized spacial score (nSPS) is 10.1. The van der Waals surface area contributed by atoms with Gasteiger partial charge in [0.25, 0.3) is 5.91 Å². The van der Waals surface area contributed by atoms with Crippen molar-refractivity contribution in [1.82, 2.24) is 9.97 Å². The summed E-state index contributed by atoms with van der Waals surface area (Å²) in [5.74, 6) is -0.314. The summed E-state index contributed by atoms with van der Waals surface area (Å²) in [4.78, 5) is 21.1. The Bertz CT molecular complexity index is 989. The first-order valence-corrected chi connectivity index (χ1v) is 7.78. The van der Waals surface area contributed by atoms with Crippen LogP contribution < -0.4 is 5.32 Å². The first kappa shape index (κ1) is 16.3. The molecule has 0 spiro atoms. The van der Waals surface area contributed by atoms with Crippen molar-refractivity contribution < 1.29 is 4.79 Å². The highest BCUT2D eigenvalue weighted by molar-refractivity contribution is 6.03. The highest BCUT2D eigenvalue weighted by Gasteiger charge is 2.11. The Hall–Kier alpha value is -3.52. The molecule has 122 valence electrons. The van der Waals surface area contributed by atoms with Gasteiger partial charge in [0.1, 0.15) is 5.69 Å². The van der Waals surface area contributed by atoms with Crippen LogP contribution in [0.25, 0.3) is 11.1 Å². The molecule has 1 N–H and O–H groups in total. The van der Waals surface area contributed by atoms with Gasteiger partial charge in [-0.15, -0.1) is 0 Å². The molecule has 0 aliphatic carbocycles. The minimum absolute atomic E-state index is 0.314. The molecule has 3 aromatic rings. The van der Waals surface area contributed by atoms with Crippen molar-refractivity contribution in [3.8, 4) is 17.2 Å². The zero-order valence-corrected chi connectivity index (χ0v) is 13.9. The second-order valence-electron chi connectivity index (χ2n) is 5.72. The summed E-state index contributed by atoms with van der Waals surface area (Å²) in [6.45, 7) is 3.78. The van der Waals surface area contributed by atoms with E-state index in [1.807, 2.05) is 32.0 Å². The third-order valence-electron chi connectivity index (χ3n) is 3.67. The fraction of sp³-hybridized carbons (Fsp3) is 0.100. The van der Waals surface area contributed by atoms with Crippen molar-refractivity contribution in [2.45, 2.75) is 13.8 Å². The monoisotopic (exact) mass is 328 g/mol. The van der Waals surface area contributed by atoms with Gasteiger partial charge < -0.3 is 5.32 Å². The van der Waals surface area contributed by atoms with Crippen LogP contribution in [-0.2, 0) is 0 Å². The molecule has 0 radical (unpaired) electrons. The average molecular weight is 328 g/mol. The predicted octanol–water partition coefficient (Wildman–Crippen LogP) is 3.88. The van der Waals surface area contributed by atoms with E-state index in [0.717, 1.165) is 22.5 Å². The van der Waals surface area contributed by atoms with E-state index < -0.39 is 0 Å². The Labute approximate surface area is 146 Å². The van der Waals surface area contributed by atoms with Gasteiger partial charge in [-0.25, -0.2) is 4.98 Å². The van der Waals surface area contributed by atoms with Gasteiger partial charge in [-0.2, -0.15) is 5.26 Å². The molecule has 2 aromatic heterocycles. The summed E-state index contributed by atoms with van der Waals surface area (Å²) in [7, 11) is 0. The van der Waals surface area contributed by atoms with Crippen molar-refractivity contribution in [2.24, 2.45) is 0 Å². The Morgan fingerprint density at radius 2 is 1.84 bits per heavy atom. The van der Waals surface area contributed by atoms with Crippen LogP contribution in [0.15, 0.2) is 54.7 Å². The Morgan fingerprint density at radius 1 is 1.04 bits per heavy atom. The van der Waals surface area contributed by atoms with Gasteiger partial charge >= 0.3 is 0 Å². The van der Waals surface area contributed by atoms with Gasteiger partial charge in [-0.3, -0.25) is 9.78 Å². The molecule has 2 heterocycles. The molecule has 25 heavy (non-hydrogen) atoms. The maximum atomic E-state index is 12.5. The first-order chi connectivity index (χ1) is 12.0. The summed E-state index contributed by atoms with van der Waals surface area (Å²) in [5, 5.41) is 11.7. The number of carbonyl (C=O) groups is 1.